The number of ether oxygens (including phenoxy) is 2. The van der Waals surface area contributed by atoms with Crippen LogP contribution in [0.3, 0.4) is 0 Å². The molecule has 1 heterocycles. The Hall–Kier alpha value is -1.46. The van der Waals surface area contributed by atoms with Crippen LogP contribution in [0.2, 0.25) is 0 Å². The molecular weight excluding hydrogens is 380 g/mol. The van der Waals surface area contributed by atoms with Crippen LogP contribution in [0.5, 0.6) is 5.75 Å². The third-order valence-electron chi connectivity index (χ3n) is 7.16. The number of benzene rings is 1. The summed E-state index contributed by atoms with van der Waals surface area (Å²) in [6, 6.07) is 6.58. The highest BCUT2D eigenvalue weighted by Crippen LogP contribution is 2.45. The van der Waals surface area contributed by atoms with Crippen LogP contribution in [0.4, 0.5) is 0 Å². The summed E-state index contributed by atoms with van der Waals surface area (Å²) in [4.78, 5) is 5.97. The molecule has 1 aliphatic heterocycles. The van der Waals surface area contributed by atoms with Gasteiger partial charge in [0.05, 0.1) is 18.4 Å². The lowest BCUT2D eigenvalue weighted by Crippen LogP contribution is -2.47. The first-order chi connectivity index (χ1) is 14.1. The summed E-state index contributed by atoms with van der Waals surface area (Å²) >= 11 is 5.63. The van der Waals surface area contributed by atoms with E-state index in [0.29, 0.717) is 12.0 Å². The summed E-state index contributed by atoms with van der Waals surface area (Å²) in [7, 11) is 1.82. The maximum absolute atomic E-state index is 6.20. The topological polar surface area (TPSA) is 42.9 Å². The van der Waals surface area contributed by atoms with Crippen molar-refractivity contribution in [3.8, 4) is 5.75 Å². The van der Waals surface area contributed by atoms with E-state index in [1.807, 2.05) is 14.0 Å². The highest BCUT2D eigenvalue weighted by atomic mass is 32.1. The van der Waals surface area contributed by atoms with Gasteiger partial charge >= 0.3 is 0 Å². The predicted molar refractivity (Wildman–Crippen MR) is 122 cm³/mol. The van der Waals surface area contributed by atoms with E-state index in [0.717, 1.165) is 61.1 Å². The van der Waals surface area contributed by atoms with Gasteiger partial charge in [0.2, 0.25) is 0 Å². The molecule has 3 aliphatic rings. The normalized spacial score (nSPS) is 29.9. The fraction of sp³-hybridized carbons (Fsp3) is 0.667. The van der Waals surface area contributed by atoms with E-state index < -0.39 is 5.66 Å². The first-order valence-corrected chi connectivity index (χ1v) is 11.6. The molecule has 0 bridgehead atoms. The molecule has 1 aromatic rings. The van der Waals surface area contributed by atoms with Gasteiger partial charge in [0, 0.05) is 18.6 Å². The molecule has 0 radical (unpaired) electrons. The molecule has 2 saturated carbocycles. The Morgan fingerprint density at radius 1 is 1.17 bits per heavy atom. The van der Waals surface area contributed by atoms with Crippen LogP contribution in [0.1, 0.15) is 69.9 Å². The van der Waals surface area contributed by atoms with Crippen molar-refractivity contribution in [1.82, 2.24) is 5.32 Å². The average Bonchev–Trinajstić information content (AvgIpc) is 3.02. The Morgan fingerprint density at radius 2 is 1.93 bits per heavy atom. The van der Waals surface area contributed by atoms with E-state index in [1.165, 1.54) is 30.4 Å². The molecule has 5 heteroatoms. The van der Waals surface area contributed by atoms with Crippen LogP contribution < -0.4 is 10.1 Å². The van der Waals surface area contributed by atoms with Crippen molar-refractivity contribution in [2.45, 2.75) is 77.0 Å². The van der Waals surface area contributed by atoms with Crippen LogP contribution in [0.15, 0.2) is 23.2 Å². The quantitative estimate of drug-likeness (QED) is 0.625. The number of hydrogen-bond donors (Lipinski definition) is 1. The van der Waals surface area contributed by atoms with E-state index in [9.17, 15) is 0 Å². The van der Waals surface area contributed by atoms with E-state index in [2.05, 4.69) is 30.4 Å². The predicted octanol–water partition coefficient (Wildman–Crippen LogP) is 5.18. The second kappa shape index (κ2) is 8.73. The van der Waals surface area contributed by atoms with Gasteiger partial charge in [-0.15, -0.1) is 0 Å². The maximum Gasteiger partial charge on any atom is 0.159 e. The number of rotatable bonds is 7. The van der Waals surface area contributed by atoms with Gasteiger partial charge in [0.15, 0.2) is 5.66 Å². The van der Waals surface area contributed by atoms with Crippen LogP contribution in [-0.4, -0.2) is 30.5 Å². The molecule has 0 spiro atoms. The summed E-state index contributed by atoms with van der Waals surface area (Å²) in [5.41, 5.74) is 3.03. The molecule has 29 heavy (non-hydrogen) atoms. The highest BCUT2D eigenvalue weighted by Gasteiger charge is 2.47. The van der Waals surface area contributed by atoms with Crippen molar-refractivity contribution in [3.63, 3.8) is 0 Å². The van der Waals surface area contributed by atoms with Crippen molar-refractivity contribution in [2.24, 2.45) is 16.8 Å². The number of hydrogen-bond acceptors (Lipinski definition) is 4. The first-order valence-electron chi connectivity index (χ1n) is 11.2. The zero-order valence-electron chi connectivity index (χ0n) is 18.0. The van der Waals surface area contributed by atoms with Gasteiger partial charge < -0.3 is 14.8 Å². The minimum atomic E-state index is -0.471. The van der Waals surface area contributed by atoms with E-state index in [4.69, 9.17) is 26.7 Å². The molecule has 0 aromatic heterocycles. The van der Waals surface area contributed by atoms with Gasteiger partial charge in [0.1, 0.15) is 10.7 Å². The fourth-order valence-corrected chi connectivity index (χ4v) is 5.25. The third kappa shape index (κ3) is 4.09. The molecule has 1 unspecified atom stereocenters. The molecule has 4 rings (SSSR count). The Labute approximate surface area is 180 Å². The van der Waals surface area contributed by atoms with Gasteiger partial charge in [-0.25, -0.2) is 0 Å². The molecule has 2 aliphatic carbocycles. The van der Waals surface area contributed by atoms with Crippen molar-refractivity contribution >= 4 is 22.9 Å². The SMILES string of the molecule is CCc1ccc(OCC2CCC2)cc1C1(C2CCC(OC)CC2)N=C(C)C(=S)N1. The van der Waals surface area contributed by atoms with Crippen molar-refractivity contribution in [1.29, 1.82) is 0 Å². The number of aliphatic imine (C=N–C) groups is 1. The van der Waals surface area contributed by atoms with Gasteiger partial charge in [-0.3, -0.25) is 4.99 Å². The first kappa shape index (κ1) is 20.8. The lowest BCUT2D eigenvalue weighted by molar-refractivity contribution is 0.0394. The summed E-state index contributed by atoms with van der Waals surface area (Å²) in [6.07, 6.45) is 9.59. The Kier molecular flexibility index (Phi) is 6.26. The fourth-order valence-electron chi connectivity index (χ4n) is 5.05. The molecular formula is C24H34N2O2S. The number of thiocarbonyl (C=S) groups is 1. The second-order valence-corrected chi connectivity index (χ2v) is 9.32. The van der Waals surface area contributed by atoms with Crippen LogP contribution in [-0.2, 0) is 16.8 Å². The van der Waals surface area contributed by atoms with Gasteiger partial charge in [0.25, 0.3) is 0 Å². The summed E-state index contributed by atoms with van der Waals surface area (Å²) in [6.45, 7) is 5.07. The number of aryl methyl sites for hydroxylation is 1. The largest absolute Gasteiger partial charge is 0.493 e. The zero-order chi connectivity index (χ0) is 20.4. The smallest absolute Gasteiger partial charge is 0.159 e. The van der Waals surface area contributed by atoms with Crippen molar-refractivity contribution < 1.29 is 9.47 Å². The average molecular weight is 415 g/mol. The molecule has 1 aromatic carbocycles. The number of nitrogens with zero attached hydrogens (tertiary/aromatic N) is 1. The summed E-state index contributed by atoms with van der Waals surface area (Å²) in [5, 5.41) is 3.66. The molecule has 0 amide bonds. The monoisotopic (exact) mass is 414 g/mol. The van der Waals surface area contributed by atoms with Crippen molar-refractivity contribution in [3.05, 3.63) is 29.3 Å². The Balaban J connectivity index is 1.67. The highest BCUT2D eigenvalue weighted by molar-refractivity contribution is 7.82. The zero-order valence-corrected chi connectivity index (χ0v) is 18.8. The van der Waals surface area contributed by atoms with Gasteiger partial charge in [-0.1, -0.05) is 31.6 Å². The van der Waals surface area contributed by atoms with Gasteiger partial charge in [-0.05, 0) is 75.5 Å². The molecule has 158 valence electrons. The third-order valence-corrected chi connectivity index (χ3v) is 7.56. The van der Waals surface area contributed by atoms with Crippen LogP contribution >= 0.6 is 12.2 Å². The van der Waals surface area contributed by atoms with Crippen molar-refractivity contribution in [2.75, 3.05) is 13.7 Å². The maximum atomic E-state index is 6.20. The lowest BCUT2D eigenvalue weighted by Gasteiger charge is -2.41. The molecule has 1 N–H and O–H groups in total. The number of nitrogens with one attached hydrogen (secondary N) is 1. The minimum Gasteiger partial charge on any atom is -0.493 e. The Morgan fingerprint density at radius 3 is 2.48 bits per heavy atom. The number of methoxy groups -OCH3 is 1. The molecule has 1 atom stereocenters. The standard InChI is InChI=1S/C24H34N2O2S/c1-4-18-8-11-21(28-15-17-6-5-7-17)14-22(18)24(25-16(2)23(29)26-24)19-9-12-20(27-3)13-10-19/h8,11,14,17,19-20H,4-7,9-10,12-13,15H2,1-3H3,(H,26,29). The van der Waals surface area contributed by atoms with E-state index in [-0.39, 0.29) is 0 Å². The van der Waals surface area contributed by atoms with Crippen LogP contribution in [0.25, 0.3) is 0 Å². The molecule has 2 fully saturated rings. The van der Waals surface area contributed by atoms with E-state index >= 15 is 0 Å². The summed E-state index contributed by atoms with van der Waals surface area (Å²) < 4.78 is 11.8. The summed E-state index contributed by atoms with van der Waals surface area (Å²) in [5.74, 6) is 2.08. The molecule has 4 nitrogen and oxygen atoms in total. The lowest BCUT2D eigenvalue weighted by atomic mass is 9.74. The minimum absolute atomic E-state index is 0.365. The van der Waals surface area contributed by atoms with Gasteiger partial charge in [-0.2, -0.15) is 0 Å². The van der Waals surface area contributed by atoms with Crippen LogP contribution in [0, 0.1) is 11.8 Å². The Bertz CT molecular complexity index is 781. The second-order valence-electron chi connectivity index (χ2n) is 8.91. The van der Waals surface area contributed by atoms with E-state index in [1.54, 1.807) is 0 Å². The molecule has 0 saturated heterocycles.